The van der Waals surface area contributed by atoms with E-state index in [1.54, 1.807) is 6.20 Å². The van der Waals surface area contributed by atoms with Crippen LogP contribution in [0.25, 0.3) is 50.5 Å². The molecule has 8 rings (SSSR count). The van der Waals surface area contributed by atoms with Crippen LogP contribution in [0.5, 0.6) is 0 Å². The summed E-state index contributed by atoms with van der Waals surface area (Å²) in [6, 6.07) is 58.1. The number of nitrogens with one attached hydrogen (secondary N) is 2. The predicted octanol–water partition coefficient (Wildman–Crippen LogP) is 11.4. The van der Waals surface area contributed by atoms with Gasteiger partial charge in [0.05, 0.1) is 34.2 Å². The Kier molecular flexibility index (Phi) is 8.90. The van der Waals surface area contributed by atoms with E-state index in [1.165, 1.54) is 16.7 Å². The third-order valence-electron chi connectivity index (χ3n) is 9.79. The van der Waals surface area contributed by atoms with Crippen molar-refractivity contribution in [1.29, 1.82) is 5.41 Å². The maximum atomic E-state index is 9.33. The molecule has 0 saturated heterocycles. The quantitative estimate of drug-likeness (QED) is 0.158. The van der Waals surface area contributed by atoms with Crippen LogP contribution in [-0.4, -0.2) is 21.4 Å². The summed E-state index contributed by atoms with van der Waals surface area (Å²) >= 11 is 0. The Hall–Kier alpha value is -6.72. The molecule has 0 saturated carbocycles. The summed E-state index contributed by atoms with van der Waals surface area (Å²) in [6.07, 6.45) is 4.45. The number of anilines is 1. The highest BCUT2D eigenvalue weighted by Gasteiger charge is 2.39. The van der Waals surface area contributed by atoms with Crippen LogP contribution in [-0.2, 0) is 5.41 Å². The topological polar surface area (TPSA) is 74.0 Å². The molecule has 0 spiro atoms. The standard InChI is InChI=1S/C47H37N5/c1-47(40-26-22-36(23-27-40)34-13-6-3-7-14-34)32-39(37-20-18-35(19-21-37)33-11-4-2-5-12-33)31-42(48)46(47)52-51-41-28-24-38(25-29-41)43-16-10-17-45(50-43)44-15-8-9-30-49-44/h2-31,48,51H,32H2,1H3. The lowest BCUT2D eigenvalue weighted by Gasteiger charge is -2.36. The second-order valence-electron chi connectivity index (χ2n) is 13.3. The van der Waals surface area contributed by atoms with Gasteiger partial charge >= 0.3 is 0 Å². The summed E-state index contributed by atoms with van der Waals surface area (Å²) in [7, 11) is 0. The van der Waals surface area contributed by atoms with E-state index in [1.807, 2.05) is 78.9 Å². The zero-order valence-corrected chi connectivity index (χ0v) is 28.9. The van der Waals surface area contributed by atoms with Crippen LogP contribution in [0.4, 0.5) is 5.69 Å². The molecule has 1 atom stereocenters. The van der Waals surface area contributed by atoms with Crippen molar-refractivity contribution in [2.24, 2.45) is 5.10 Å². The van der Waals surface area contributed by atoms with Gasteiger partial charge in [-0.15, -0.1) is 0 Å². The van der Waals surface area contributed by atoms with Crippen LogP contribution in [0.3, 0.4) is 0 Å². The largest absolute Gasteiger partial charge is 0.299 e. The van der Waals surface area contributed by atoms with Gasteiger partial charge in [-0.3, -0.25) is 15.8 Å². The number of allylic oxidation sites excluding steroid dienone is 2. The van der Waals surface area contributed by atoms with Gasteiger partial charge in [-0.2, -0.15) is 5.10 Å². The van der Waals surface area contributed by atoms with Crippen LogP contribution in [0.15, 0.2) is 187 Å². The number of nitrogens with zero attached hydrogens (tertiary/aromatic N) is 3. The number of benzene rings is 5. The van der Waals surface area contributed by atoms with Crippen LogP contribution in [0.2, 0.25) is 0 Å². The number of pyridine rings is 2. The normalized spacial score (nSPS) is 16.4. The Morgan fingerprint density at radius 2 is 1.08 bits per heavy atom. The lowest BCUT2D eigenvalue weighted by atomic mass is 9.67. The average Bonchev–Trinajstić information content (AvgIpc) is 3.22. The highest BCUT2D eigenvalue weighted by Crippen LogP contribution is 2.41. The molecule has 0 amide bonds. The summed E-state index contributed by atoms with van der Waals surface area (Å²) < 4.78 is 0. The first-order valence-corrected chi connectivity index (χ1v) is 17.5. The first-order chi connectivity index (χ1) is 25.5. The Balaban J connectivity index is 1.10. The van der Waals surface area contributed by atoms with Crippen molar-refractivity contribution in [1.82, 2.24) is 9.97 Å². The fraction of sp³-hybridized carbons (Fsp3) is 0.0638. The molecular formula is C47H37N5. The first-order valence-electron chi connectivity index (χ1n) is 17.5. The third kappa shape index (κ3) is 6.72. The van der Waals surface area contributed by atoms with Crippen LogP contribution >= 0.6 is 0 Å². The summed E-state index contributed by atoms with van der Waals surface area (Å²) in [5.41, 5.74) is 16.2. The molecule has 1 aliphatic carbocycles. The fourth-order valence-electron chi connectivity index (χ4n) is 6.92. The van der Waals surface area contributed by atoms with Crippen molar-refractivity contribution >= 4 is 22.7 Å². The van der Waals surface area contributed by atoms with Gasteiger partial charge in [0.1, 0.15) is 0 Å². The van der Waals surface area contributed by atoms with Crippen molar-refractivity contribution < 1.29 is 0 Å². The molecule has 5 heteroatoms. The first kappa shape index (κ1) is 32.5. The zero-order chi connectivity index (χ0) is 35.3. The van der Waals surface area contributed by atoms with Crippen LogP contribution in [0.1, 0.15) is 24.5 Å². The molecule has 0 fully saturated rings. The van der Waals surface area contributed by atoms with E-state index in [4.69, 9.17) is 10.1 Å². The maximum Gasteiger partial charge on any atom is 0.0961 e. The van der Waals surface area contributed by atoms with Gasteiger partial charge in [0.15, 0.2) is 0 Å². The smallest absolute Gasteiger partial charge is 0.0961 e. The summed E-state index contributed by atoms with van der Waals surface area (Å²) in [5.74, 6) is 0. The van der Waals surface area contributed by atoms with Crippen LogP contribution < -0.4 is 5.43 Å². The Labute approximate surface area is 304 Å². The Morgan fingerprint density at radius 3 is 1.71 bits per heavy atom. The van der Waals surface area contributed by atoms with Crippen molar-refractivity contribution in [2.75, 3.05) is 5.43 Å². The molecule has 5 nitrogen and oxygen atoms in total. The highest BCUT2D eigenvalue weighted by molar-refractivity contribution is 6.50. The van der Waals surface area contributed by atoms with E-state index in [-0.39, 0.29) is 0 Å². The Morgan fingerprint density at radius 1 is 0.538 bits per heavy atom. The summed E-state index contributed by atoms with van der Waals surface area (Å²) in [5, 5.41) is 14.3. The van der Waals surface area contributed by atoms with Gasteiger partial charge in [0.2, 0.25) is 0 Å². The van der Waals surface area contributed by atoms with E-state index in [0.29, 0.717) is 17.8 Å². The number of aromatic nitrogens is 2. The second-order valence-corrected chi connectivity index (χ2v) is 13.3. The minimum absolute atomic E-state index is 0.391. The summed E-state index contributed by atoms with van der Waals surface area (Å²) in [4.78, 5) is 9.31. The molecule has 5 aromatic carbocycles. The van der Waals surface area contributed by atoms with Crippen molar-refractivity contribution in [3.05, 3.63) is 193 Å². The molecule has 7 aromatic rings. The molecule has 0 radical (unpaired) electrons. The Bertz CT molecular complexity index is 2380. The van der Waals surface area contributed by atoms with E-state index >= 15 is 0 Å². The third-order valence-corrected chi connectivity index (χ3v) is 9.79. The molecule has 2 N–H and O–H groups in total. The molecule has 0 bridgehead atoms. The number of hydrogen-bond donors (Lipinski definition) is 2. The average molecular weight is 672 g/mol. The number of hydrazone groups is 1. The highest BCUT2D eigenvalue weighted by atomic mass is 15.3. The molecule has 1 unspecified atom stereocenters. The molecule has 2 aromatic heterocycles. The predicted molar refractivity (Wildman–Crippen MR) is 215 cm³/mol. The molecule has 250 valence electrons. The molecule has 0 aliphatic heterocycles. The van der Waals surface area contributed by atoms with Gasteiger partial charge in [-0.05, 0) is 94.8 Å². The maximum absolute atomic E-state index is 9.33. The van der Waals surface area contributed by atoms with Crippen molar-refractivity contribution in [3.63, 3.8) is 0 Å². The molecule has 1 aliphatic rings. The van der Waals surface area contributed by atoms with Gasteiger partial charge in [0, 0.05) is 17.2 Å². The lowest BCUT2D eigenvalue weighted by Crippen LogP contribution is -2.41. The van der Waals surface area contributed by atoms with Gasteiger partial charge in [-0.1, -0.05) is 133 Å². The van der Waals surface area contributed by atoms with Gasteiger partial charge in [0.25, 0.3) is 0 Å². The monoisotopic (exact) mass is 671 g/mol. The van der Waals surface area contributed by atoms with E-state index in [2.05, 4.69) is 114 Å². The zero-order valence-electron chi connectivity index (χ0n) is 28.9. The van der Waals surface area contributed by atoms with E-state index in [0.717, 1.165) is 50.6 Å². The minimum atomic E-state index is -0.558. The second kappa shape index (κ2) is 14.3. The fourth-order valence-corrected chi connectivity index (χ4v) is 6.92. The summed E-state index contributed by atoms with van der Waals surface area (Å²) in [6.45, 7) is 2.20. The van der Waals surface area contributed by atoms with Gasteiger partial charge < -0.3 is 0 Å². The number of hydrogen-bond acceptors (Lipinski definition) is 5. The molecule has 2 heterocycles. The molecule has 52 heavy (non-hydrogen) atoms. The van der Waals surface area contributed by atoms with Crippen molar-refractivity contribution in [3.8, 4) is 44.9 Å². The van der Waals surface area contributed by atoms with Gasteiger partial charge in [-0.25, -0.2) is 4.98 Å². The lowest BCUT2D eigenvalue weighted by molar-refractivity contribution is 0.659. The van der Waals surface area contributed by atoms with E-state index < -0.39 is 5.41 Å². The van der Waals surface area contributed by atoms with E-state index in [9.17, 15) is 5.41 Å². The van der Waals surface area contributed by atoms with Crippen molar-refractivity contribution in [2.45, 2.75) is 18.8 Å². The SMILES string of the molecule is CC1(c2ccc(-c3ccccc3)cc2)CC(c2ccc(-c3ccccc3)cc2)=CC(=N)C1=NNc1ccc(-c2cccc(-c3ccccn3)n2)cc1. The van der Waals surface area contributed by atoms with Crippen LogP contribution in [0, 0.1) is 5.41 Å². The minimum Gasteiger partial charge on any atom is -0.299 e. The number of rotatable bonds is 8. The molecular weight excluding hydrogens is 635 g/mol.